The molecule has 0 bridgehead atoms. The lowest BCUT2D eigenvalue weighted by Gasteiger charge is -2.15. The summed E-state index contributed by atoms with van der Waals surface area (Å²) in [4.78, 5) is 24.3. The van der Waals surface area contributed by atoms with Crippen LogP contribution in [-0.2, 0) is 17.8 Å². The van der Waals surface area contributed by atoms with E-state index in [1.807, 2.05) is 66.7 Å². The van der Waals surface area contributed by atoms with E-state index in [1.165, 1.54) is 12.1 Å². The second-order valence-corrected chi connectivity index (χ2v) is 8.07. The first-order valence-corrected chi connectivity index (χ1v) is 11.1. The van der Waals surface area contributed by atoms with Gasteiger partial charge in [-0.25, -0.2) is 9.18 Å². The Morgan fingerprint density at radius 2 is 1.37 bits per heavy atom. The van der Waals surface area contributed by atoms with Crippen LogP contribution < -0.4 is 10.1 Å². The monoisotopic (exact) mass is 469 g/mol. The van der Waals surface area contributed by atoms with Crippen LogP contribution in [-0.4, -0.2) is 23.0 Å². The maximum absolute atomic E-state index is 13.0. The lowest BCUT2D eigenvalue weighted by molar-refractivity contribution is -0.139. The Balaban J connectivity index is 1.36. The predicted molar refractivity (Wildman–Crippen MR) is 132 cm³/mol. The van der Waals surface area contributed by atoms with Crippen LogP contribution in [0.15, 0.2) is 103 Å². The second-order valence-electron chi connectivity index (χ2n) is 8.07. The number of aliphatic carboxylic acids is 1. The normalized spacial score (nSPS) is 11.5. The second kappa shape index (κ2) is 11.1. The SMILES string of the molecule is O=C(NC(Cc1ccccc1)C(=O)O)c1ccc(-c2ccc(OCc3ccc(F)cc3)cc2)cc1. The van der Waals surface area contributed by atoms with Crippen molar-refractivity contribution in [1.29, 1.82) is 0 Å². The van der Waals surface area contributed by atoms with E-state index >= 15 is 0 Å². The molecule has 35 heavy (non-hydrogen) atoms. The van der Waals surface area contributed by atoms with Crippen LogP contribution >= 0.6 is 0 Å². The third-order valence-corrected chi connectivity index (χ3v) is 5.54. The van der Waals surface area contributed by atoms with Crippen LogP contribution in [0.25, 0.3) is 11.1 Å². The van der Waals surface area contributed by atoms with Gasteiger partial charge >= 0.3 is 5.97 Å². The van der Waals surface area contributed by atoms with Crippen molar-refractivity contribution in [3.05, 3.63) is 126 Å². The van der Waals surface area contributed by atoms with Gasteiger partial charge in [-0.1, -0.05) is 66.7 Å². The zero-order chi connectivity index (χ0) is 24.6. The van der Waals surface area contributed by atoms with E-state index in [0.29, 0.717) is 17.9 Å². The number of nitrogens with one attached hydrogen (secondary N) is 1. The highest BCUT2D eigenvalue weighted by atomic mass is 19.1. The Labute approximate surface area is 202 Å². The molecule has 0 spiro atoms. The third kappa shape index (κ3) is 6.54. The van der Waals surface area contributed by atoms with E-state index in [0.717, 1.165) is 22.3 Å². The molecule has 0 aliphatic rings. The molecule has 2 N–H and O–H groups in total. The predicted octanol–water partition coefficient (Wildman–Crippen LogP) is 5.50. The van der Waals surface area contributed by atoms with Gasteiger partial charge in [0, 0.05) is 12.0 Å². The fourth-order valence-electron chi connectivity index (χ4n) is 3.60. The van der Waals surface area contributed by atoms with Gasteiger partial charge in [-0.3, -0.25) is 4.79 Å². The molecule has 0 aliphatic carbocycles. The van der Waals surface area contributed by atoms with Crippen molar-refractivity contribution in [1.82, 2.24) is 5.32 Å². The summed E-state index contributed by atoms with van der Waals surface area (Å²) in [6, 6.07) is 28.8. The minimum atomic E-state index is -1.08. The Bertz CT molecular complexity index is 1270. The van der Waals surface area contributed by atoms with E-state index < -0.39 is 17.9 Å². The van der Waals surface area contributed by atoms with Gasteiger partial charge in [-0.15, -0.1) is 0 Å². The van der Waals surface area contributed by atoms with Crippen molar-refractivity contribution < 1.29 is 23.8 Å². The molecule has 0 aromatic heterocycles. The van der Waals surface area contributed by atoms with Crippen LogP contribution in [0.2, 0.25) is 0 Å². The maximum atomic E-state index is 13.0. The molecule has 5 nitrogen and oxygen atoms in total. The number of halogens is 1. The number of hydrogen-bond donors (Lipinski definition) is 2. The van der Waals surface area contributed by atoms with Crippen LogP contribution in [0.3, 0.4) is 0 Å². The number of amides is 1. The molecule has 1 amide bonds. The molecular weight excluding hydrogens is 445 g/mol. The molecule has 4 aromatic rings. The van der Waals surface area contributed by atoms with E-state index in [9.17, 15) is 19.1 Å². The smallest absolute Gasteiger partial charge is 0.326 e. The van der Waals surface area contributed by atoms with Crippen molar-refractivity contribution in [3.8, 4) is 16.9 Å². The number of benzene rings is 4. The maximum Gasteiger partial charge on any atom is 0.326 e. The molecule has 0 radical (unpaired) electrons. The molecule has 0 fully saturated rings. The van der Waals surface area contributed by atoms with E-state index in [4.69, 9.17) is 4.74 Å². The molecule has 176 valence electrons. The van der Waals surface area contributed by atoms with Crippen LogP contribution in [0.1, 0.15) is 21.5 Å². The molecule has 4 rings (SSSR count). The largest absolute Gasteiger partial charge is 0.489 e. The van der Waals surface area contributed by atoms with Gasteiger partial charge in [0.25, 0.3) is 5.91 Å². The third-order valence-electron chi connectivity index (χ3n) is 5.54. The molecular formula is C29H24FNO4. The molecule has 0 heterocycles. The summed E-state index contributed by atoms with van der Waals surface area (Å²) in [5, 5.41) is 12.1. The summed E-state index contributed by atoms with van der Waals surface area (Å²) < 4.78 is 18.8. The number of carboxylic acids is 1. The Morgan fingerprint density at radius 1 is 0.771 bits per heavy atom. The van der Waals surface area contributed by atoms with Gasteiger partial charge in [0.2, 0.25) is 0 Å². The molecule has 1 unspecified atom stereocenters. The number of carbonyl (C=O) groups is 2. The fourth-order valence-corrected chi connectivity index (χ4v) is 3.60. The zero-order valence-electron chi connectivity index (χ0n) is 18.9. The van der Waals surface area contributed by atoms with Gasteiger partial charge in [0.1, 0.15) is 24.2 Å². The number of carboxylic acid groups (broad SMARTS) is 1. The van der Waals surface area contributed by atoms with Gasteiger partial charge in [0.15, 0.2) is 0 Å². The van der Waals surface area contributed by atoms with Gasteiger partial charge in [0.05, 0.1) is 0 Å². The highest BCUT2D eigenvalue weighted by Gasteiger charge is 2.21. The first-order valence-electron chi connectivity index (χ1n) is 11.1. The van der Waals surface area contributed by atoms with E-state index in [1.54, 1.807) is 24.3 Å². The van der Waals surface area contributed by atoms with E-state index in [-0.39, 0.29) is 12.2 Å². The van der Waals surface area contributed by atoms with Crippen LogP contribution in [0.5, 0.6) is 5.75 Å². The molecule has 4 aromatic carbocycles. The number of hydrogen-bond acceptors (Lipinski definition) is 3. The molecule has 0 aliphatic heterocycles. The van der Waals surface area contributed by atoms with Gasteiger partial charge in [-0.05, 0) is 58.7 Å². The highest BCUT2D eigenvalue weighted by molar-refractivity contribution is 5.97. The molecule has 6 heteroatoms. The topological polar surface area (TPSA) is 75.6 Å². The summed E-state index contributed by atoms with van der Waals surface area (Å²) in [5.41, 5.74) is 3.94. The van der Waals surface area contributed by atoms with Crippen molar-refractivity contribution in [2.75, 3.05) is 0 Å². The molecule has 1 atom stereocenters. The summed E-state index contributed by atoms with van der Waals surface area (Å²) in [6.07, 6.45) is 0.204. The average Bonchev–Trinajstić information content (AvgIpc) is 2.89. The lowest BCUT2D eigenvalue weighted by Crippen LogP contribution is -2.42. The minimum absolute atomic E-state index is 0.204. The zero-order valence-corrected chi connectivity index (χ0v) is 18.9. The van der Waals surface area contributed by atoms with Crippen molar-refractivity contribution in [2.24, 2.45) is 0 Å². The summed E-state index contributed by atoms with van der Waals surface area (Å²) in [5.74, 6) is -1.12. The van der Waals surface area contributed by atoms with E-state index in [2.05, 4.69) is 5.32 Å². The Morgan fingerprint density at radius 3 is 1.97 bits per heavy atom. The average molecular weight is 470 g/mol. The Hall–Kier alpha value is -4.45. The van der Waals surface area contributed by atoms with Crippen molar-refractivity contribution in [3.63, 3.8) is 0 Å². The van der Waals surface area contributed by atoms with Gasteiger partial charge in [-0.2, -0.15) is 0 Å². The van der Waals surface area contributed by atoms with Crippen LogP contribution in [0, 0.1) is 5.82 Å². The van der Waals surface area contributed by atoms with Crippen LogP contribution in [0.4, 0.5) is 4.39 Å². The van der Waals surface area contributed by atoms with Crippen molar-refractivity contribution >= 4 is 11.9 Å². The first-order chi connectivity index (χ1) is 17.0. The summed E-state index contributed by atoms with van der Waals surface area (Å²) >= 11 is 0. The minimum Gasteiger partial charge on any atom is -0.489 e. The number of rotatable bonds is 9. The molecule has 0 saturated heterocycles. The Kier molecular flexibility index (Phi) is 7.53. The molecule has 0 saturated carbocycles. The summed E-state index contributed by atoms with van der Waals surface area (Å²) in [7, 11) is 0. The van der Waals surface area contributed by atoms with Gasteiger partial charge < -0.3 is 15.2 Å². The number of carbonyl (C=O) groups excluding carboxylic acids is 1. The quantitative estimate of drug-likeness (QED) is 0.340. The highest BCUT2D eigenvalue weighted by Crippen LogP contribution is 2.23. The van der Waals surface area contributed by atoms with Crippen molar-refractivity contribution in [2.45, 2.75) is 19.1 Å². The summed E-state index contributed by atoms with van der Waals surface area (Å²) in [6.45, 7) is 0.338. The standard InChI is InChI=1S/C29H24FNO4/c30-25-14-6-21(7-15-25)19-35-26-16-12-23(13-17-26)22-8-10-24(11-9-22)28(32)31-27(29(33)34)18-20-4-2-1-3-5-20/h1-17,27H,18-19H2,(H,31,32)(H,33,34). The number of ether oxygens (including phenoxy) is 1. The fraction of sp³-hybridized carbons (Fsp3) is 0.103. The lowest BCUT2D eigenvalue weighted by atomic mass is 10.0. The first kappa shape index (κ1) is 23.7.